The van der Waals surface area contributed by atoms with E-state index in [1.807, 2.05) is 66.7 Å². The minimum absolute atomic E-state index is 0.123. The fourth-order valence-corrected chi connectivity index (χ4v) is 9.84. The Bertz CT molecular complexity index is 2110. The molecule has 0 amide bonds. The third kappa shape index (κ3) is 3.72. The second-order valence-corrected chi connectivity index (χ2v) is 14.4. The first-order valence-corrected chi connectivity index (χ1v) is 16.4. The van der Waals surface area contributed by atoms with Gasteiger partial charge in [-0.2, -0.15) is 0 Å². The molecule has 0 saturated carbocycles. The highest BCUT2D eigenvalue weighted by molar-refractivity contribution is 7.77. The Morgan fingerprint density at radius 2 is 1.00 bits per heavy atom. The molecule has 0 fully saturated rings. The molecule has 3 nitrogen and oxygen atoms in total. The Labute approximate surface area is 252 Å². The van der Waals surface area contributed by atoms with Crippen LogP contribution in [0.1, 0.15) is 25.0 Å². The summed E-state index contributed by atoms with van der Waals surface area (Å²) >= 11 is 0. The summed E-state index contributed by atoms with van der Waals surface area (Å²) in [7, 11) is -3.29. The summed E-state index contributed by atoms with van der Waals surface area (Å²) in [4.78, 5) is 2.38. The van der Waals surface area contributed by atoms with E-state index in [0.29, 0.717) is 0 Å². The van der Waals surface area contributed by atoms with Gasteiger partial charge in [-0.3, -0.25) is 8.90 Å². The van der Waals surface area contributed by atoms with Crippen molar-refractivity contribution < 1.29 is 4.57 Å². The average molecular weight is 575 g/mol. The largest absolute Gasteiger partial charge is 0.310 e. The standard InChI is InChI=1S/C39H31N2OP/c1-39(2)33-20-10-13-23-37(33)40(38-24-14-11-21-34(38)39)28-25-26-36-32(27-28)31-19-9-12-22-35(31)41(36)43(42,29-15-5-3-6-16-29)30-17-7-4-8-18-30/h3-27H,1-2H3. The molecule has 8 rings (SSSR count). The number of aromatic nitrogens is 1. The van der Waals surface area contributed by atoms with Gasteiger partial charge in [-0.25, -0.2) is 0 Å². The van der Waals surface area contributed by atoms with Gasteiger partial charge >= 0.3 is 0 Å². The van der Waals surface area contributed by atoms with Crippen molar-refractivity contribution in [3.63, 3.8) is 0 Å². The Hall–Kier alpha value is -4.85. The highest BCUT2D eigenvalue weighted by Crippen LogP contribution is 2.54. The van der Waals surface area contributed by atoms with Gasteiger partial charge in [0.1, 0.15) is 0 Å². The highest BCUT2D eigenvalue weighted by atomic mass is 31.2. The van der Waals surface area contributed by atoms with Crippen molar-refractivity contribution in [3.05, 3.63) is 163 Å². The van der Waals surface area contributed by atoms with E-state index < -0.39 is 7.29 Å². The monoisotopic (exact) mass is 574 g/mol. The molecule has 1 aliphatic rings. The number of rotatable bonds is 4. The summed E-state index contributed by atoms with van der Waals surface area (Å²) in [6.07, 6.45) is 0. The summed E-state index contributed by atoms with van der Waals surface area (Å²) < 4.78 is 17.7. The van der Waals surface area contributed by atoms with E-state index in [0.717, 1.165) is 38.1 Å². The molecule has 0 spiro atoms. The molecule has 4 heteroatoms. The molecule has 0 unspecified atom stereocenters. The van der Waals surface area contributed by atoms with Gasteiger partial charge < -0.3 is 4.90 Å². The molecule has 0 atom stereocenters. The number of hydrogen-bond donors (Lipinski definition) is 0. The van der Waals surface area contributed by atoms with Crippen molar-refractivity contribution in [2.75, 3.05) is 4.90 Å². The van der Waals surface area contributed by atoms with Crippen LogP contribution in [-0.4, -0.2) is 4.34 Å². The first-order valence-electron chi connectivity index (χ1n) is 14.7. The fraction of sp³-hybridized carbons (Fsp3) is 0.0769. The molecule has 2 heterocycles. The average Bonchev–Trinajstić information content (AvgIpc) is 3.40. The van der Waals surface area contributed by atoms with Gasteiger partial charge in [-0.05, 0) is 71.8 Å². The lowest BCUT2D eigenvalue weighted by molar-refractivity contribution is 0.583. The first kappa shape index (κ1) is 25.8. The van der Waals surface area contributed by atoms with Gasteiger partial charge in [0.15, 0.2) is 0 Å². The maximum atomic E-state index is 15.6. The normalized spacial score (nSPS) is 14.0. The van der Waals surface area contributed by atoms with Gasteiger partial charge in [0.05, 0.1) is 22.4 Å². The molecule has 1 aliphatic heterocycles. The summed E-state index contributed by atoms with van der Waals surface area (Å²) in [5, 5.41) is 3.80. The van der Waals surface area contributed by atoms with Gasteiger partial charge in [-0.15, -0.1) is 0 Å². The number of anilines is 3. The summed E-state index contributed by atoms with van der Waals surface area (Å²) in [6, 6.07) is 52.3. The van der Waals surface area contributed by atoms with Crippen LogP contribution < -0.4 is 15.5 Å². The second-order valence-electron chi connectivity index (χ2n) is 11.8. The highest BCUT2D eigenvalue weighted by Gasteiger charge is 2.37. The zero-order valence-electron chi connectivity index (χ0n) is 24.2. The topological polar surface area (TPSA) is 25.2 Å². The zero-order chi connectivity index (χ0) is 29.2. The van der Waals surface area contributed by atoms with E-state index in [-0.39, 0.29) is 5.41 Å². The Kier molecular flexibility index (Phi) is 5.76. The molecule has 6 aromatic carbocycles. The first-order chi connectivity index (χ1) is 21.0. The van der Waals surface area contributed by atoms with Crippen molar-refractivity contribution in [3.8, 4) is 0 Å². The predicted octanol–water partition coefficient (Wildman–Crippen LogP) is 9.68. The second kappa shape index (κ2) is 9.59. The van der Waals surface area contributed by atoms with Crippen LogP contribution in [0.25, 0.3) is 21.8 Å². The third-order valence-corrected chi connectivity index (χ3v) is 12.0. The number of nitrogens with zero attached hydrogens (tertiary/aromatic N) is 2. The van der Waals surface area contributed by atoms with Crippen molar-refractivity contribution >= 4 is 56.8 Å². The molecule has 1 aromatic heterocycles. The molecule has 0 aliphatic carbocycles. The van der Waals surface area contributed by atoms with Crippen molar-refractivity contribution in [2.24, 2.45) is 0 Å². The van der Waals surface area contributed by atoms with Crippen molar-refractivity contribution in [2.45, 2.75) is 19.3 Å². The van der Waals surface area contributed by atoms with Crippen LogP contribution in [0.2, 0.25) is 0 Å². The van der Waals surface area contributed by atoms with Crippen LogP contribution in [0.15, 0.2) is 152 Å². The summed E-state index contributed by atoms with van der Waals surface area (Å²) in [6.45, 7) is 4.62. The number of fused-ring (bicyclic) bond motifs is 5. The lowest BCUT2D eigenvalue weighted by Crippen LogP contribution is -2.30. The molecular formula is C39H31N2OP. The Morgan fingerprint density at radius 3 is 1.60 bits per heavy atom. The summed E-state index contributed by atoms with van der Waals surface area (Å²) in [5.74, 6) is 0. The van der Waals surface area contributed by atoms with E-state index in [2.05, 4.69) is 108 Å². The maximum Gasteiger partial charge on any atom is 0.234 e. The lowest BCUT2D eigenvalue weighted by atomic mass is 9.73. The number of hydrogen-bond acceptors (Lipinski definition) is 2. The Morgan fingerprint density at radius 1 is 0.512 bits per heavy atom. The third-order valence-electron chi connectivity index (χ3n) is 9.02. The quantitative estimate of drug-likeness (QED) is 0.196. The van der Waals surface area contributed by atoms with E-state index in [4.69, 9.17) is 0 Å². The van der Waals surface area contributed by atoms with Crippen LogP contribution in [0.3, 0.4) is 0 Å². The molecular weight excluding hydrogens is 543 g/mol. The molecule has 0 saturated heterocycles. The van der Waals surface area contributed by atoms with Gasteiger partial charge in [0.25, 0.3) is 0 Å². The van der Waals surface area contributed by atoms with Crippen LogP contribution in [0, 0.1) is 0 Å². The van der Waals surface area contributed by atoms with Crippen molar-refractivity contribution in [1.29, 1.82) is 0 Å². The van der Waals surface area contributed by atoms with Crippen LogP contribution >= 0.6 is 7.29 Å². The van der Waals surface area contributed by atoms with Crippen molar-refractivity contribution in [1.82, 2.24) is 4.34 Å². The number of benzene rings is 6. The SMILES string of the molecule is CC1(C)c2ccccc2N(c2ccc3c(c2)c2ccccc2n3P(=O)(c2ccccc2)c2ccccc2)c2ccccc21. The Balaban J connectivity index is 1.43. The predicted molar refractivity (Wildman–Crippen MR) is 181 cm³/mol. The minimum Gasteiger partial charge on any atom is -0.310 e. The number of para-hydroxylation sites is 3. The summed E-state index contributed by atoms with van der Waals surface area (Å²) in [5.41, 5.74) is 7.86. The van der Waals surface area contributed by atoms with Crippen LogP contribution in [-0.2, 0) is 9.98 Å². The molecule has 0 bridgehead atoms. The van der Waals surface area contributed by atoms with E-state index in [1.54, 1.807) is 0 Å². The molecule has 0 N–H and O–H groups in total. The maximum absolute atomic E-state index is 15.6. The lowest BCUT2D eigenvalue weighted by Gasteiger charge is -2.42. The fourth-order valence-electron chi connectivity index (χ4n) is 6.97. The smallest absolute Gasteiger partial charge is 0.234 e. The van der Waals surface area contributed by atoms with Crippen LogP contribution in [0.4, 0.5) is 17.1 Å². The van der Waals surface area contributed by atoms with Gasteiger partial charge in [0, 0.05) is 32.5 Å². The van der Waals surface area contributed by atoms with E-state index >= 15 is 4.57 Å². The minimum atomic E-state index is -3.29. The van der Waals surface area contributed by atoms with Crippen LogP contribution in [0.5, 0.6) is 0 Å². The molecule has 7 aromatic rings. The van der Waals surface area contributed by atoms with Gasteiger partial charge in [0.2, 0.25) is 7.29 Å². The van der Waals surface area contributed by atoms with Gasteiger partial charge in [-0.1, -0.05) is 105 Å². The molecule has 208 valence electrons. The van der Waals surface area contributed by atoms with E-state index in [1.165, 1.54) is 22.5 Å². The molecule has 43 heavy (non-hydrogen) atoms. The van der Waals surface area contributed by atoms with E-state index in [9.17, 15) is 0 Å². The zero-order valence-corrected chi connectivity index (χ0v) is 25.1. The molecule has 0 radical (unpaired) electrons.